The van der Waals surface area contributed by atoms with Crippen LogP contribution in [0.15, 0.2) is 47.5 Å². The third-order valence-electron chi connectivity index (χ3n) is 2.36. The monoisotopic (exact) mass is 230 g/mol. The van der Waals surface area contributed by atoms with Crippen molar-refractivity contribution in [2.75, 3.05) is 6.61 Å². The summed E-state index contributed by atoms with van der Waals surface area (Å²) in [7, 11) is 0. The minimum absolute atomic E-state index is 0.196. The number of aryl methyl sites for hydroxylation is 1. The summed E-state index contributed by atoms with van der Waals surface area (Å²) in [4.78, 5) is 17.3. The van der Waals surface area contributed by atoms with Crippen molar-refractivity contribution in [3.8, 4) is 5.88 Å². The first-order valence-corrected chi connectivity index (χ1v) is 5.56. The molecule has 0 unspecified atom stereocenters. The molecule has 0 aliphatic heterocycles. The van der Waals surface area contributed by atoms with Gasteiger partial charge in [0.15, 0.2) is 0 Å². The second kappa shape index (κ2) is 5.84. The topological polar surface area (TPSA) is 55.0 Å². The van der Waals surface area contributed by atoms with Gasteiger partial charge < -0.3 is 9.72 Å². The zero-order chi connectivity index (χ0) is 11.9. The van der Waals surface area contributed by atoms with E-state index >= 15 is 0 Å². The molecule has 4 nitrogen and oxygen atoms in total. The van der Waals surface area contributed by atoms with Gasteiger partial charge in [0.1, 0.15) is 0 Å². The predicted molar refractivity (Wildman–Crippen MR) is 65.1 cm³/mol. The van der Waals surface area contributed by atoms with Crippen molar-refractivity contribution in [1.82, 2.24) is 9.97 Å². The van der Waals surface area contributed by atoms with Crippen LogP contribution in [0.4, 0.5) is 0 Å². The highest BCUT2D eigenvalue weighted by Gasteiger charge is 1.96. The molecule has 1 aromatic carbocycles. The van der Waals surface area contributed by atoms with Gasteiger partial charge in [0.2, 0.25) is 5.88 Å². The van der Waals surface area contributed by atoms with Crippen LogP contribution in [0.3, 0.4) is 0 Å². The number of hydrogen-bond acceptors (Lipinski definition) is 3. The molecule has 0 aliphatic carbocycles. The van der Waals surface area contributed by atoms with E-state index in [0.717, 1.165) is 12.8 Å². The van der Waals surface area contributed by atoms with Gasteiger partial charge in [-0.1, -0.05) is 30.3 Å². The Balaban J connectivity index is 1.75. The van der Waals surface area contributed by atoms with Crippen LogP contribution in [0.25, 0.3) is 0 Å². The molecule has 2 aromatic rings. The van der Waals surface area contributed by atoms with E-state index in [4.69, 9.17) is 4.74 Å². The van der Waals surface area contributed by atoms with E-state index in [-0.39, 0.29) is 5.56 Å². The van der Waals surface area contributed by atoms with Crippen LogP contribution >= 0.6 is 0 Å². The fourth-order valence-corrected chi connectivity index (χ4v) is 1.53. The summed E-state index contributed by atoms with van der Waals surface area (Å²) in [6.45, 7) is 0.561. The Bertz CT molecular complexity index is 508. The van der Waals surface area contributed by atoms with Gasteiger partial charge in [0, 0.05) is 0 Å². The van der Waals surface area contributed by atoms with E-state index in [0.29, 0.717) is 12.5 Å². The minimum Gasteiger partial charge on any atom is -0.477 e. The number of nitrogens with one attached hydrogen (secondary N) is 1. The molecule has 88 valence electrons. The molecule has 0 atom stereocenters. The third kappa shape index (κ3) is 3.75. The molecule has 0 bridgehead atoms. The van der Waals surface area contributed by atoms with Crippen molar-refractivity contribution < 1.29 is 4.74 Å². The van der Waals surface area contributed by atoms with Gasteiger partial charge >= 0.3 is 0 Å². The van der Waals surface area contributed by atoms with Gasteiger partial charge in [-0.2, -0.15) is 0 Å². The number of nitrogens with zero attached hydrogens (tertiary/aromatic N) is 1. The van der Waals surface area contributed by atoms with E-state index in [1.54, 1.807) is 0 Å². The lowest BCUT2D eigenvalue weighted by Crippen LogP contribution is -2.07. The van der Waals surface area contributed by atoms with E-state index in [1.807, 2.05) is 18.2 Å². The van der Waals surface area contributed by atoms with Crippen LogP contribution in [-0.2, 0) is 6.42 Å². The van der Waals surface area contributed by atoms with Crippen molar-refractivity contribution in [3.05, 3.63) is 58.6 Å². The summed E-state index contributed by atoms with van der Waals surface area (Å²) in [5, 5.41) is 0. The smallest absolute Gasteiger partial charge is 0.254 e. The molecule has 0 aliphatic rings. The maximum absolute atomic E-state index is 11.0. The molecule has 0 saturated heterocycles. The Morgan fingerprint density at radius 1 is 1.24 bits per heavy atom. The zero-order valence-electron chi connectivity index (χ0n) is 9.43. The first kappa shape index (κ1) is 11.4. The molecule has 1 N–H and O–H groups in total. The van der Waals surface area contributed by atoms with Crippen LogP contribution in [0, 0.1) is 0 Å². The second-order valence-corrected chi connectivity index (χ2v) is 3.69. The highest BCUT2D eigenvalue weighted by molar-refractivity contribution is 5.14. The lowest BCUT2D eigenvalue weighted by atomic mass is 10.1. The molecule has 0 spiro atoms. The second-order valence-electron chi connectivity index (χ2n) is 3.69. The van der Waals surface area contributed by atoms with Crippen molar-refractivity contribution in [1.29, 1.82) is 0 Å². The molecule has 0 radical (unpaired) electrons. The highest BCUT2D eigenvalue weighted by atomic mass is 16.5. The molecule has 1 aromatic heterocycles. The molecule has 0 amide bonds. The standard InChI is InChI=1S/C13H14N2O2/c16-12-9-13(15-10-14-12)17-8-4-7-11-5-2-1-3-6-11/h1-3,5-6,9-10H,4,7-8H2,(H,14,15,16). The fraction of sp³-hybridized carbons (Fsp3) is 0.231. The maximum Gasteiger partial charge on any atom is 0.254 e. The summed E-state index contributed by atoms with van der Waals surface area (Å²) in [5.41, 5.74) is 1.09. The fourth-order valence-electron chi connectivity index (χ4n) is 1.53. The summed E-state index contributed by atoms with van der Waals surface area (Å²) in [6.07, 6.45) is 3.21. The van der Waals surface area contributed by atoms with Crippen LogP contribution in [0.1, 0.15) is 12.0 Å². The molecule has 0 fully saturated rings. The number of hydrogen-bond donors (Lipinski definition) is 1. The Morgan fingerprint density at radius 3 is 2.82 bits per heavy atom. The summed E-state index contributed by atoms with van der Waals surface area (Å²) in [5.74, 6) is 0.377. The van der Waals surface area contributed by atoms with Crippen molar-refractivity contribution in [2.24, 2.45) is 0 Å². The molecule has 4 heteroatoms. The number of aromatic amines is 1. The molecular weight excluding hydrogens is 216 g/mol. The summed E-state index contributed by atoms with van der Waals surface area (Å²) in [6, 6.07) is 11.6. The number of aromatic nitrogens is 2. The lowest BCUT2D eigenvalue weighted by Gasteiger charge is -2.04. The Labute approximate surface area is 99.3 Å². The van der Waals surface area contributed by atoms with Gasteiger partial charge in [-0.15, -0.1) is 0 Å². The SMILES string of the molecule is O=c1cc(OCCCc2ccccc2)nc[nH]1. The highest BCUT2D eigenvalue weighted by Crippen LogP contribution is 2.04. The molecular formula is C13H14N2O2. The van der Waals surface area contributed by atoms with Gasteiger partial charge in [-0.05, 0) is 18.4 Å². The van der Waals surface area contributed by atoms with Crippen molar-refractivity contribution >= 4 is 0 Å². The van der Waals surface area contributed by atoms with Crippen molar-refractivity contribution in [3.63, 3.8) is 0 Å². The van der Waals surface area contributed by atoms with Crippen LogP contribution in [0.5, 0.6) is 5.88 Å². The summed E-state index contributed by atoms with van der Waals surface area (Å²) >= 11 is 0. The number of rotatable bonds is 5. The Morgan fingerprint density at radius 2 is 2.06 bits per heavy atom. The maximum atomic E-state index is 11.0. The van der Waals surface area contributed by atoms with E-state index in [1.165, 1.54) is 18.0 Å². The number of H-pyrrole nitrogens is 1. The van der Waals surface area contributed by atoms with Crippen molar-refractivity contribution in [2.45, 2.75) is 12.8 Å². The van der Waals surface area contributed by atoms with E-state index in [9.17, 15) is 4.79 Å². The Hall–Kier alpha value is -2.10. The Kier molecular flexibility index (Phi) is 3.91. The number of ether oxygens (including phenoxy) is 1. The molecule has 17 heavy (non-hydrogen) atoms. The molecule has 2 rings (SSSR count). The average molecular weight is 230 g/mol. The van der Waals surface area contributed by atoms with Gasteiger partial charge in [0.05, 0.1) is 19.0 Å². The first-order chi connectivity index (χ1) is 8.34. The summed E-state index contributed by atoms with van der Waals surface area (Å²) < 4.78 is 5.38. The van der Waals surface area contributed by atoms with E-state index < -0.39 is 0 Å². The van der Waals surface area contributed by atoms with Crippen LogP contribution in [-0.4, -0.2) is 16.6 Å². The van der Waals surface area contributed by atoms with Gasteiger partial charge in [-0.25, -0.2) is 4.98 Å². The normalized spacial score (nSPS) is 10.1. The first-order valence-electron chi connectivity index (χ1n) is 5.56. The van der Waals surface area contributed by atoms with Crippen LogP contribution in [0.2, 0.25) is 0 Å². The van der Waals surface area contributed by atoms with E-state index in [2.05, 4.69) is 22.1 Å². The third-order valence-corrected chi connectivity index (χ3v) is 2.36. The predicted octanol–water partition coefficient (Wildman–Crippen LogP) is 1.78. The average Bonchev–Trinajstić information content (AvgIpc) is 2.36. The van der Waals surface area contributed by atoms with Gasteiger partial charge in [-0.3, -0.25) is 4.79 Å². The quantitative estimate of drug-likeness (QED) is 0.796. The zero-order valence-corrected chi connectivity index (χ0v) is 9.43. The molecule has 0 saturated carbocycles. The number of benzene rings is 1. The van der Waals surface area contributed by atoms with Gasteiger partial charge in [0.25, 0.3) is 5.56 Å². The molecule has 1 heterocycles. The van der Waals surface area contributed by atoms with Crippen LogP contribution < -0.4 is 10.3 Å². The largest absolute Gasteiger partial charge is 0.477 e. The minimum atomic E-state index is -0.196. The lowest BCUT2D eigenvalue weighted by molar-refractivity contribution is 0.298.